The fourth-order valence-corrected chi connectivity index (χ4v) is 6.70. The third-order valence-electron chi connectivity index (χ3n) is 9.02. The Morgan fingerprint density at radius 2 is 1.00 bits per heavy atom. The van der Waals surface area contributed by atoms with Crippen molar-refractivity contribution in [3.63, 3.8) is 0 Å². The number of esters is 2. The van der Waals surface area contributed by atoms with Crippen molar-refractivity contribution in [3.05, 3.63) is 24.3 Å². The second-order valence-corrected chi connectivity index (χ2v) is 15.2. The summed E-state index contributed by atoms with van der Waals surface area (Å²) in [4.78, 5) is 35.4. The maximum Gasteiger partial charge on any atom is 0.472 e. The number of hydrogen-bond donors (Lipinski definition) is 6. The van der Waals surface area contributed by atoms with Gasteiger partial charge >= 0.3 is 19.8 Å². The maximum absolute atomic E-state index is 12.7. The molecule has 0 aliphatic heterocycles. The molecule has 1 fully saturated rings. The van der Waals surface area contributed by atoms with Crippen LogP contribution in [0.2, 0.25) is 0 Å². The van der Waals surface area contributed by atoms with Crippen molar-refractivity contribution in [1.29, 1.82) is 0 Å². The van der Waals surface area contributed by atoms with Gasteiger partial charge in [-0.1, -0.05) is 102 Å². The zero-order valence-corrected chi connectivity index (χ0v) is 32.5. The summed E-state index contributed by atoms with van der Waals surface area (Å²) in [6.45, 7) is 3.18. The lowest BCUT2D eigenvalue weighted by atomic mass is 9.85. The van der Waals surface area contributed by atoms with Crippen LogP contribution < -0.4 is 0 Å². The second-order valence-electron chi connectivity index (χ2n) is 13.8. The first-order valence-corrected chi connectivity index (χ1v) is 21.1. The smallest absolute Gasteiger partial charge is 0.462 e. The summed E-state index contributed by atoms with van der Waals surface area (Å²) in [5, 5.41) is 49.9. The molecule has 1 rings (SSSR count). The number of carbonyl (C=O) groups is 2. The Hall–Kier alpha value is -1.67. The molecule has 0 aromatic heterocycles. The minimum absolute atomic E-state index is 0.0855. The Morgan fingerprint density at radius 3 is 1.52 bits per heavy atom. The Morgan fingerprint density at radius 1 is 0.577 bits per heavy atom. The standard InChI is InChI=1S/C38H69O13P/c1-3-5-7-9-11-13-15-17-19-21-23-25-27-32(40)50-30(28-48-31(39)26-24-22-20-18-16-14-12-10-8-6-4-2)29-49-52(46,47)51-38-36(44)34(42)33(41)35(43)37(38)45/h10-13,30,33-38,41-45H,3-9,14-29H2,1-2H3,(H,46,47)/b12-10-,13-11-/t30-,33?,34-,35?,36?,37?,38?/m1/s1. The van der Waals surface area contributed by atoms with Crippen molar-refractivity contribution >= 4 is 19.8 Å². The SMILES string of the molecule is CCCC/C=C\CCCCCCCC(=O)OC[C@H](COP(=O)(O)OC1C(O)C(O)C(O)[C@@H](O)C1O)OC(=O)CCCCCCC/C=C\CCCCC. The monoisotopic (exact) mass is 764 g/mol. The van der Waals surface area contributed by atoms with E-state index in [1.54, 1.807) is 0 Å². The van der Waals surface area contributed by atoms with Crippen LogP contribution in [0.4, 0.5) is 0 Å². The van der Waals surface area contributed by atoms with Gasteiger partial charge in [0.15, 0.2) is 6.10 Å². The van der Waals surface area contributed by atoms with Gasteiger partial charge in [0, 0.05) is 12.8 Å². The predicted molar refractivity (Wildman–Crippen MR) is 198 cm³/mol. The van der Waals surface area contributed by atoms with E-state index in [0.717, 1.165) is 77.0 Å². The van der Waals surface area contributed by atoms with Crippen LogP contribution >= 0.6 is 7.82 Å². The first kappa shape index (κ1) is 48.3. The van der Waals surface area contributed by atoms with Crippen LogP contribution in [0.15, 0.2) is 24.3 Å². The van der Waals surface area contributed by atoms with Gasteiger partial charge in [0.05, 0.1) is 6.61 Å². The number of aliphatic hydroxyl groups is 5. The van der Waals surface area contributed by atoms with E-state index < -0.39 is 75.7 Å². The lowest BCUT2D eigenvalue weighted by Gasteiger charge is -2.41. The van der Waals surface area contributed by atoms with E-state index in [9.17, 15) is 44.6 Å². The number of unbranched alkanes of at least 4 members (excludes halogenated alkanes) is 15. The number of allylic oxidation sites excluding steroid dienone is 4. The van der Waals surface area contributed by atoms with Gasteiger partial charge in [0.25, 0.3) is 0 Å². The van der Waals surface area contributed by atoms with Crippen LogP contribution in [0.5, 0.6) is 0 Å². The van der Waals surface area contributed by atoms with E-state index in [1.807, 2.05) is 0 Å². The molecule has 0 spiro atoms. The van der Waals surface area contributed by atoms with Gasteiger partial charge in [0.1, 0.15) is 43.2 Å². The van der Waals surface area contributed by atoms with Gasteiger partial charge in [-0.15, -0.1) is 0 Å². The fourth-order valence-electron chi connectivity index (χ4n) is 5.73. The van der Waals surface area contributed by atoms with E-state index in [0.29, 0.717) is 12.8 Å². The first-order chi connectivity index (χ1) is 24.9. The molecule has 0 amide bonds. The van der Waals surface area contributed by atoms with Gasteiger partial charge in [-0.2, -0.15) is 0 Å². The van der Waals surface area contributed by atoms with E-state index in [4.69, 9.17) is 18.5 Å². The Labute approximate surface area is 311 Å². The van der Waals surface area contributed by atoms with Gasteiger partial charge in [-0.3, -0.25) is 18.6 Å². The van der Waals surface area contributed by atoms with E-state index in [-0.39, 0.29) is 12.8 Å². The lowest BCUT2D eigenvalue weighted by Crippen LogP contribution is -2.64. The number of carbonyl (C=O) groups excluding carboxylic acids is 2. The topological polar surface area (TPSA) is 210 Å². The van der Waals surface area contributed by atoms with Crippen molar-refractivity contribution in [3.8, 4) is 0 Å². The quantitative estimate of drug-likeness (QED) is 0.0204. The Bertz CT molecular complexity index is 1020. The molecule has 6 N–H and O–H groups in total. The van der Waals surface area contributed by atoms with E-state index >= 15 is 0 Å². The summed E-state index contributed by atoms with van der Waals surface area (Å²) in [7, 11) is -5.11. The van der Waals surface area contributed by atoms with E-state index in [2.05, 4.69) is 38.2 Å². The van der Waals surface area contributed by atoms with Crippen LogP contribution in [0.25, 0.3) is 0 Å². The summed E-state index contributed by atoms with van der Waals surface area (Å²) < 4.78 is 33.3. The first-order valence-electron chi connectivity index (χ1n) is 19.6. The Kier molecular flexibility index (Phi) is 27.6. The van der Waals surface area contributed by atoms with Gasteiger partial charge in [-0.25, -0.2) is 4.57 Å². The molecule has 6 unspecified atom stereocenters. The average Bonchev–Trinajstić information content (AvgIpc) is 3.12. The van der Waals surface area contributed by atoms with Crippen LogP contribution in [-0.2, 0) is 32.7 Å². The molecule has 304 valence electrons. The summed E-state index contributed by atoms with van der Waals surface area (Å²) in [6, 6.07) is 0. The number of ether oxygens (including phenoxy) is 2. The highest BCUT2D eigenvalue weighted by molar-refractivity contribution is 7.47. The van der Waals surface area contributed by atoms with Crippen LogP contribution in [0.3, 0.4) is 0 Å². The molecule has 52 heavy (non-hydrogen) atoms. The lowest BCUT2D eigenvalue weighted by molar-refractivity contribution is -0.220. The van der Waals surface area contributed by atoms with E-state index in [1.165, 1.54) is 32.1 Å². The summed E-state index contributed by atoms with van der Waals surface area (Å²) in [6.07, 6.45) is 15.4. The van der Waals surface area contributed by atoms with Crippen molar-refractivity contribution in [2.75, 3.05) is 13.2 Å². The molecule has 1 aliphatic carbocycles. The number of rotatable bonds is 31. The number of phosphoric acid groups is 1. The molecule has 14 heteroatoms. The number of phosphoric ester groups is 1. The molecule has 1 aliphatic rings. The van der Waals surface area contributed by atoms with Crippen molar-refractivity contribution in [1.82, 2.24) is 0 Å². The zero-order chi connectivity index (χ0) is 38.6. The average molecular weight is 765 g/mol. The summed E-state index contributed by atoms with van der Waals surface area (Å²) >= 11 is 0. The van der Waals surface area contributed by atoms with Crippen molar-refractivity contribution in [2.24, 2.45) is 0 Å². The van der Waals surface area contributed by atoms with Gasteiger partial charge < -0.3 is 39.9 Å². The third kappa shape index (κ3) is 22.5. The Balaban J connectivity index is 2.56. The molecule has 0 heterocycles. The fraction of sp³-hybridized carbons (Fsp3) is 0.842. The highest BCUT2D eigenvalue weighted by Crippen LogP contribution is 2.47. The molecule has 0 aromatic rings. The molecule has 0 radical (unpaired) electrons. The minimum Gasteiger partial charge on any atom is -0.462 e. The summed E-state index contributed by atoms with van der Waals surface area (Å²) in [5.41, 5.74) is 0. The van der Waals surface area contributed by atoms with Crippen LogP contribution in [0, 0.1) is 0 Å². The van der Waals surface area contributed by atoms with Crippen LogP contribution in [0.1, 0.15) is 149 Å². The molecule has 1 saturated carbocycles. The highest BCUT2D eigenvalue weighted by Gasteiger charge is 2.51. The van der Waals surface area contributed by atoms with Gasteiger partial charge in [-0.05, 0) is 57.8 Å². The van der Waals surface area contributed by atoms with Gasteiger partial charge in [0.2, 0.25) is 0 Å². The largest absolute Gasteiger partial charge is 0.472 e. The normalized spacial score (nSPS) is 23.9. The summed E-state index contributed by atoms with van der Waals surface area (Å²) in [5.74, 6) is -1.12. The minimum atomic E-state index is -5.11. The van der Waals surface area contributed by atoms with Crippen molar-refractivity contribution in [2.45, 2.75) is 191 Å². The maximum atomic E-state index is 12.7. The molecule has 0 saturated heterocycles. The molecule has 0 bridgehead atoms. The molecular formula is C38H69O13P. The zero-order valence-electron chi connectivity index (χ0n) is 31.6. The number of aliphatic hydroxyl groups excluding tert-OH is 5. The molecular weight excluding hydrogens is 695 g/mol. The molecule has 13 nitrogen and oxygen atoms in total. The highest BCUT2D eigenvalue weighted by atomic mass is 31.2. The molecule has 0 aromatic carbocycles. The van der Waals surface area contributed by atoms with Crippen LogP contribution in [-0.4, -0.2) is 98.3 Å². The number of hydrogen-bond acceptors (Lipinski definition) is 12. The van der Waals surface area contributed by atoms with Crippen molar-refractivity contribution < 1.29 is 63.1 Å². The molecule has 8 atom stereocenters. The second kappa shape index (κ2) is 29.7. The third-order valence-corrected chi connectivity index (χ3v) is 10.0. The predicted octanol–water partition coefficient (Wildman–Crippen LogP) is 6.11.